The summed E-state index contributed by atoms with van der Waals surface area (Å²) < 4.78 is 0. The van der Waals surface area contributed by atoms with Crippen LogP contribution in [0.15, 0.2) is 0 Å². The Morgan fingerprint density at radius 1 is 1.14 bits per heavy atom. The van der Waals surface area contributed by atoms with Gasteiger partial charge in [-0.3, -0.25) is 9.69 Å². The Morgan fingerprint density at radius 3 is 2.33 bits per heavy atom. The SMILES string of the molecule is CC(C)C(C(=O)N[C@H]1CCCNC1)N1CCCCC1.Cl.Cl. The maximum atomic E-state index is 12.6. The Morgan fingerprint density at radius 2 is 1.81 bits per heavy atom. The minimum atomic E-state index is 0. The van der Waals surface area contributed by atoms with Gasteiger partial charge in [-0.1, -0.05) is 20.3 Å². The molecular weight excluding hydrogens is 309 g/mol. The smallest absolute Gasteiger partial charge is 0.237 e. The molecule has 2 saturated heterocycles. The van der Waals surface area contributed by atoms with Crippen molar-refractivity contribution in [1.82, 2.24) is 15.5 Å². The van der Waals surface area contributed by atoms with Crippen molar-refractivity contribution < 1.29 is 4.79 Å². The molecule has 0 aliphatic carbocycles. The second-order valence-corrected chi connectivity index (χ2v) is 6.34. The molecule has 1 amide bonds. The van der Waals surface area contributed by atoms with E-state index in [0.29, 0.717) is 12.0 Å². The molecule has 21 heavy (non-hydrogen) atoms. The molecule has 0 aromatic carbocycles. The van der Waals surface area contributed by atoms with Gasteiger partial charge in [-0.2, -0.15) is 0 Å². The lowest BCUT2D eigenvalue weighted by Crippen LogP contribution is -2.55. The van der Waals surface area contributed by atoms with Crippen LogP contribution in [-0.2, 0) is 4.79 Å². The van der Waals surface area contributed by atoms with Crippen molar-refractivity contribution in [3.05, 3.63) is 0 Å². The Labute approximate surface area is 141 Å². The maximum absolute atomic E-state index is 12.6. The average molecular weight is 340 g/mol. The van der Waals surface area contributed by atoms with Crippen molar-refractivity contribution in [3.63, 3.8) is 0 Å². The number of likely N-dealkylation sites (tertiary alicyclic amines) is 1. The van der Waals surface area contributed by atoms with Crippen LogP contribution in [0.25, 0.3) is 0 Å². The van der Waals surface area contributed by atoms with Gasteiger partial charge in [0, 0.05) is 12.6 Å². The fourth-order valence-electron chi connectivity index (χ4n) is 3.35. The van der Waals surface area contributed by atoms with E-state index >= 15 is 0 Å². The molecule has 2 fully saturated rings. The van der Waals surface area contributed by atoms with Gasteiger partial charge in [0.05, 0.1) is 6.04 Å². The highest BCUT2D eigenvalue weighted by Gasteiger charge is 2.31. The maximum Gasteiger partial charge on any atom is 0.237 e. The molecule has 1 unspecified atom stereocenters. The third-order valence-corrected chi connectivity index (χ3v) is 4.33. The number of nitrogens with one attached hydrogen (secondary N) is 2. The van der Waals surface area contributed by atoms with Crippen LogP contribution in [0.4, 0.5) is 0 Å². The normalized spacial score (nSPS) is 24.6. The lowest BCUT2D eigenvalue weighted by atomic mass is 9.97. The first-order valence-electron chi connectivity index (χ1n) is 7.93. The molecule has 2 atom stereocenters. The minimum absolute atomic E-state index is 0. The predicted molar refractivity (Wildman–Crippen MR) is 92.6 cm³/mol. The highest BCUT2D eigenvalue weighted by atomic mass is 35.5. The van der Waals surface area contributed by atoms with Gasteiger partial charge >= 0.3 is 0 Å². The molecule has 0 bridgehead atoms. The van der Waals surface area contributed by atoms with Crippen LogP contribution in [0.2, 0.25) is 0 Å². The van der Waals surface area contributed by atoms with E-state index in [9.17, 15) is 4.79 Å². The summed E-state index contributed by atoms with van der Waals surface area (Å²) in [6.45, 7) is 8.51. The summed E-state index contributed by atoms with van der Waals surface area (Å²) in [6, 6.07) is 0.384. The third-order valence-electron chi connectivity index (χ3n) is 4.33. The number of rotatable bonds is 4. The van der Waals surface area contributed by atoms with Gasteiger partial charge in [0.25, 0.3) is 0 Å². The molecule has 0 aromatic heterocycles. The second kappa shape index (κ2) is 10.7. The van der Waals surface area contributed by atoms with Crippen LogP contribution in [0.3, 0.4) is 0 Å². The Kier molecular flexibility index (Phi) is 10.6. The topological polar surface area (TPSA) is 44.4 Å². The fourth-order valence-corrected chi connectivity index (χ4v) is 3.35. The van der Waals surface area contributed by atoms with Gasteiger partial charge in [0.15, 0.2) is 0 Å². The van der Waals surface area contributed by atoms with Gasteiger partial charge in [0.2, 0.25) is 5.91 Å². The van der Waals surface area contributed by atoms with E-state index in [-0.39, 0.29) is 36.8 Å². The van der Waals surface area contributed by atoms with Crippen LogP contribution >= 0.6 is 24.8 Å². The Bertz CT molecular complexity index is 291. The molecular formula is C15H31Cl2N3O. The highest BCUT2D eigenvalue weighted by Crippen LogP contribution is 2.18. The van der Waals surface area contributed by atoms with Crippen LogP contribution < -0.4 is 10.6 Å². The van der Waals surface area contributed by atoms with Gasteiger partial charge in [0.1, 0.15) is 0 Å². The Hall–Kier alpha value is -0.0300. The zero-order valence-corrected chi connectivity index (χ0v) is 14.9. The molecule has 2 aliphatic rings. The van der Waals surface area contributed by atoms with E-state index in [1.54, 1.807) is 0 Å². The first kappa shape index (κ1) is 21.0. The van der Waals surface area contributed by atoms with E-state index in [0.717, 1.165) is 32.6 Å². The summed E-state index contributed by atoms with van der Waals surface area (Å²) in [4.78, 5) is 15.0. The van der Waals surface area contributed by atoms with Gasteiger partial charge in [-0.15, -0.1) is 24.8 Å². The zero-order valence-electron chi connectivity index (χ0n) is 13.3. The summed E-state index contributed by atoms with van der Waals surface area (Å²) in [6.07, 6.45) is 6.07. The number of amides is 1. The lowest BCUT2D eigenvalue weighted by Gasteiger charge is -2.37. The first-order chi connectivity index (χ1) is 9.18. The Balaban J connectivity index is 0.00000200. The molecule has 2 N–H and O–H groups in total. The number of hydrogen-bond acceptors (Lipinski definition) is 3. The quantitative estimate of drug-likeness (QED) is 0.825. The van der Waals surface area contributed by atoms with Crippen molar-refractivity contribution in [1.29, 1.82) is 0 Å². The lowest BCUT2D eigenvalue weighted by molar-refractivity contribution is -0.129. The first-order valence-corrected chi connectivity index (χ1v) is 7.93. The molecule has 2 heterocycles. The number of carbonyl (C=O) groups excluding carboxylic acids is 1. The van der Waals surface area contributed by atoms with Crippen molar-refractivity contribution in [3.8, 4) is 0 Å². The van der Waals surface area contributed by atoms with Gasteiger partial charge in [-0.05, 0) is 51.2 Å². The summed E-state index contributed by atoms with van der Waals surface area (Å²) in [5.74, 6) is 0.625. The van der Waals surface area contributed by atoms with Gasteiger partial charge < -0.3 is 10.6 Å². The van der Waals surface area contributed by atoms with E-state index in [1.807, 2.05) is 0 Å². The third kappa shape index (κ3) is 6.31. The summed E-state index contributed by atoms with van der Waals surface area (Å²) in [5, 5.41) is 6.61. The molecule has 0 saturated carbocycles. The summed E-state index contributed by atoms with van der Waals surface area (Å²) in [7, 11) is 0. The number of piperidine rings is 2. The van der Waals surface area contributed by atoms with Crippen LogP contribution in [-0.4, -0.2) is 49.1 Å². The molecule has 6 heteroatoms. The largest absolute Gasteiger partial charge is 0.351 e. The molecule has 126 valence electrons. The standard InChI is InChI=1S/C15H29N3O.2ClH/c1-12(2)14(18-9-4-3-5-10-18)15(19)17-13-7-6-8-16-11-13;;/h12-14,16H,3-11H2,1-2H3,(H,17,19);2*1H/t13-,14?;;/m0../s1. The number of carbonyl (C=O) groups is 1. The van der Waals surface area contributed by atoms with Crippen LogP contribution in [0.1, 0.15) is 46.0 Å². The molecule has 2 aliphatic heterocycles. The molecule has 2 rings (SSSR count). The molecule has 0 aromatic rings. The van der Waals surface area contributed by atoms with Crippen molar-refractivity contribution in [2.75, 3.05) is 26.2 Å². The molecule has 0 spiro atoms. The van der Waals surface area contributed by atoms with Gasteiger partial charge in [-0.25, -0.2) is 0 Å². The van der Waals surface area contributed by atoms with Crippen LogP contribution in [0.5, 0.6) is 0 Å². The predicted octanol–water partition coefficient (Wildman–Crippen LogP) is 2.21. The fraction of sp³-hybridized carbons (Fsp3) is 0.933. The van der Waals surface area contributed by atoms with Crippen LogP contribution in [0, 0.1) is 5.92 Å². The van der Waals surface area contributed by atoms with Crippen molar-refractivity contribution in [2.24, 2.45) is 5.92 Å². The minimum Gasteiger partial charge on any atom is -0.351 e. The molecule has 0 radical (unpaired) electrons. The van der Waals surface area contributed by atoms with E-state index in [1.165, 1.54) is 25.7 Å². The van der Waals surface area contributed by atoms with E-state index in [2.05, 4.69) is 29.4 Å². The number of halogens is 2. The second-order valence-electron chi connectivity index (χ2n) is 6.34. The van der Waals surface area contributed by atoms with E-state index in [4.69, 9.17) is 0 Å². The number of nitrogens with zero attached hydrogens (tertiary/aromatic N) is 1. The highest BCUT2D eigenvalue weighted by molar-refractivity contribution is 5.85. The number of hydrogen-bond donors (Lipinski definition) is 2. The molecule has 4 nitrogen and oxygen atoms in total. The summed E-state index contributed by atoms with van der Waals surface area (Å²) >= 11 is 0. The zero-order chi connectivity index (χ0) is 13.7. The monoisotopic (exact) mass is 339 g/mol. The van der Waals surface area contributed by atoms with Crippen molar-refractivity contribution in [2.45, 2.75) is 58.0 Å². The average Bonchev–Trinajstić information content (AvgIpc) is 2.40. The van der Waals surface area contributed by atoms with Crippen molar-refractivity contribution >= 4 is 30.7 Å². The summed E-state index contributed by atoms with van der Waals surface area (Å²) in [5.41, 5.74) is 0. The van der Waals surface area contributed by atoms with E-state index < -0.39 is 0 Å².